The minimum Gasteiger partial charge on any atom is -0.391 e. The Morgan fingerprint density at radius 3 is 2.56 bits per heavy atom. The number of rotatable bonds is 2. The van der Waals surface area contributed by atoms with Crippen LogP contribution in [0.1, 0.15) is 43.6 Å². The van der Waals surface area contributed by atoms with E-state index in [2.05, 4.69) is 35.2 Å². The largest absolute Gasteiger partial charge is 0.391 e. The number of aliphatic hydroxyl groups is 1. The molecular weight excluding hydrogens is 222 g/mol. The van der Waals surface area contributed by atoms with Crippen molar-refractivity contribution in [3.05, 3.63) is 35.9 Å². The molecule has 0 amide bonds. The van der Waals surface area contributed by atoms with Gasteiger partial charge < -0.3 is 5.11 Å². The van der Waals surface area contributed by atoms with E-state index >= 15 is 0 Å². The smallest absolute Gasteiger partial charge is 0.0695 e. The summed E-state index contributed by atoms with van der Waals surface area (Å²) in [6, 6.07) is 11.3. The zero-order valence-corrected chi connectivity index (χ0v) is 11.0. The van der Waals surface area contributed by atoms with Crippen molar-refractivity contribution in [2.45, 2.75) is 50.2 Å². The fourth-order valence-corrected chi connectivity index (χ4v) is 3.60. The van der Waals surface area contributed by atoms with E-state index in [-0.39, 0.29) is 6.10 Å². The average Bonchev–Trinajstić information content (AvgIpc) is 2.90. The lowest BCUT2D eigenvalue weighted by atomic mass is 9.91. The van der Waals surface area contributed by atoms with Crippen molar-refractivity contribution in [2.24, 2.45) is 0 Å². The van der Waals surface area contributed by atoms with Crippen molar-refractivity contribution < 1.29 is 5.11 Å². The number of hydrogen-bond donors (Lipinski definition) is 1. The molecule has 0 radical (unpaired) electrons. The second-order valence-electron chi connectivity index (χ2n) is 5.81. The van der Waals surface area contributed by atoms with Gasteiger partial charge in [-0.3, -0.25) is 4.90 Å². The van der Waals surface area contributed by atoms with Crippen LogP contribution in [0, 0.1) is 0 Å². The van der Waals surface area contributed by atoms with E-state index in [0.29, 0.717) is 12.0 Å². The van der Waals surface area contributed by atoms with Crippen molar-refractivity contribution in [1.29, 1.82) is 0 Å². The molecular formula is C16H23NO. The van der Waals surface area contributed by atoms with E-state index < -0.39 is 0 Å². The topological polar surface area (TPSA) is 23.5 Å². The van der Waals surface area contributed by atoms with Gasteiger partial charge in [-0.05, 0) is 37.3 Å². The summed E-state index contributed by atoms with van der Waals surface area (Å²) in [4.78, 5) is 2.53. The zero-order chi connectivity index (χ0) is 12.4. The molecule has 3 rings (SSSR count). The summed E-state index contributed by atoms with van der Waals surface area (Å²) in [5.74, 6) is 0.667. The molecule has 1 N–H and O–H groups in total. The van der Waals surface area contributed by atoms with Crippen LogP contribution in [0.15, 0.2) is 30.3 Å². The van der Waals surface area contributed by atoms with E-state index in [9.17, 15) is 5.11 Å². The summed E-state index contributed by atoms with van der Waals surface area (Å²) in [5.41, 5.74) is 1.46. The molecule has 18 heavy (non-hydrogen) atoms. The number of nitrogens with zero attached hydrogens (tertiary/aromatic N) is 1. The lowest BCUT2D eigenvalue weighted by Gasteiger charge is -2.35. The number of hydrogen-bond acceptors (Lipinski definition) is 2. The first-order valence-corrected chi connectivity index (χ1v) is 7.31. The van der Waals surface area contributed by atoms with Gasteiger partial charge in [0, 0.05) is 12.6 Å². The molecule has 2 aliphatic rings. The highest BCUT2D eigenvalue weighted by Gasteiger charge is 2.33. The molecule has 2 nitrogen and oxygen atoms in total. The van der Waals surface area contributed by atoms with Crippen molar-refractivity contribution in [3.8, 4) is 0 Å². The fraction of sp³-hybridized carbons (Fsp3) is 0.625. The third-order valence-corrected chi connectivity index (χ3v) is 4.65. The standard InChI is InChI=1S/C16H23NO/c18-16-9-5-4-8-15(16)17-11-10-14(12-17)13-6-2-1-3-7-13/h1-3,6-7,14-16,18H,4-5,8-12H2/t14-,15-,16-/m0/s1. The predicted molar refractivity (Wildman–Crippen MR) is 73.6 cm³/mol. The maximum absolute atomic E-state index is 10.1. The van der Waals surface area contributed by atoms with Gasteiger partial charge >= 0.3 is 0 Å². The van der Waals surface area contributed by atoms with Gasteiger partial charge in [0.1, 0.15) is 0 Å². The van der Waals surface area contributed by atoms with Gasteiger partial charge in [0.2, 0.25) is 0 Å². The molecule has 2 heteroatoms. The maximum Gasteiger partial charge on any atom is 0.0695 e. The van der Waals surface area contributed by atoms with Crippen LogP contribution >= 0.6 is 0 Å². The van der Waals surface area contributed by atoms with E-state index in [4.69, 9.17) is 0 Å². The van der Waals surface area contributed by atoms with Crippen molar-refractivity contribution >= 4 is 0 Å². The molecule has 1 aromatic carbocycles. The Kier molecular flexibility index (Phi) is 3.67. The second kappa shape index (κ2) is 5.41. The minimum absolute atomic E-state index is 0.0896. The minimum atomic E-state index is -0.0896. The van der Waals surface area contributed by atoms with Crippen molar-refractivity contribution in [2.75, 3.05) is 13.1 Å². The van der Waals surface area contributed by atoms with Crippen LogP contribution in [0.5, 0.6) is 0 Å². The van der Waals surface area contributed by atoms with Crippen molar-refractivity contribution in [1.82, 2.24) is 4.90 Å². The summed E-state index contributed by atoms with van der Waals surface area (Å²) in [5, 5.41) is 10.1. The van der Waals surface area contributed by atoms with Gasteiger partial charge in [-0.2, -0.15) is 0 Å². The zero-order valence-electron chi connectivity index (χ0n) is 11.0. The Balaban J connectivity index is 1.64. The molecule has 0 spiro atoms. The van der Waals surface area contributed by atoms with Gasteiger partial charge in [-0.1, -0.05) is 43.2 Å². The SMILES string of the molecule is O[C@H]1CCCC[C@@H]1N1CC[C@H](c2ccccc2)C1. The van der Waals surface area contributed by atoms with Crippen LogP contribution < -0.4 is 0 Å². The van der Waals surface area contributed by atoms with Crippen LogP contribution in [-0.4, -0.2) is 35.2 Å². The van der Waals surface area contributed by atoms with Gasteiger partial charge in [0.15, 0.2) is 0 Å². The summed E-state index contributed by atoms with van der Waals surface area (Å²) >= 11 is 0. The van der Waals surface area contributed by atoms with E-state index in [1.54, 1.807) is 0 Å². The quantitative estimate of drug-likeness (QED) is 0.866. The number of likely N-dealkylation sites (tertiary alicyclic amines) is 1. The lowest BCUT2D eigenvalue weighted by molar-refractivity contribution is 0.0305. The summed E-state index contributed by atoms with van der Waals surface area (Å²) in [6.07, 6.45) is 5.82. The molecule has 1 saturated heterocycles. The fourth-order valence-electron chi connectivity index (χ4n) is 3.60. The highest BCUT2D eigenvalue weighted by Crippen LogP contribution is 2.32. The maximum atomic E-state index is 10.1. The second-order valence-corrected chi connectivity index (χ2v) is 5.81. The van der Waals surface area contributed by atoms with E-state index in [0.717, 1.165) is 19.5 Å². The third kappa shape index (κ3) is 2.45. The molecule has 0 unspecified atom stereocenters. The Hall–Kier alpha value is -0.860. The molecule has 2 fully saturated rings. The number of aliphatic hydroxyl groups excluding tert-OH is 1. The van der Waals surface area contributed by atoms with Gasteiger partial charge in [-0.25, -0.2) is 0 Å². The van der Waals surface area contributed by atoms with Gasteiger partial charge in [0.25, 0.3) is 0 Å². The van der Waals surface area contributed by atoms with Crippen LogP contribution in [0.2, 0.25) is 0 Å². The summed E-state index contributed by atoms with van der Waals surface area (Å²) in [6.45, 7) is 2.28. The highest BCUT2D eigenvalue weighted by atomic mass is 16.3. The molecule has 1 heterocycles. The third-order valence-electron chi connectivity index (χ3n) is 4.65. The Bertz CT molecular complexity index is 378. The van der Waals surface area contributed by atoms with Crippen LogP contribution in [0.4, 0.5) is 0 Å². The predicted octanol–water partition coefficient (Wildman–Crippen LogP) is 2.78. The van der Waals surface area contributed by atoms with Crippen molar-refractivity contribution in [3.63, 3.8) is 0 Å². The molecule has 3 atom stereocenters. The normalized spacial score (nSPS) is 33.7. The first-order chi connectivity index (χ1) is 8.84. The first-order valence-electron chi connectivity index (χ1n) is 7.31. The first kappa shape index (κ1) is 12.2. The molecule has 1 aromatic rings. The Morgan fingerprint density at radius 1 is 1.00 bits per heavy atom. The van der Waals surface area contributed by atoms with E-state index in [1.165, 1.54) is 31.2 Å². The van der Waals surface area contributed by atoms with E-state index in [1.807, 2.05) is 0 Å². The number of benzene rings is 1. The Morgan fingerprint density at radius 2 is 1.78 bits per heavy atom. The monoisotopic (exact) mass is 245 g/mol. The molecule has 0 bridgehead atoms. The van der Waals surface area contributed by atoms with Crippen LogP contribution in [0.3, 0.4) is 0 Å². The van der Waals surface area contributed by atoms with Crippen LogP contribution in [-0.2, 0) is 0 Å². The van der Waals surface area contributed by atoms with Gasteiger partial charge in [0.05, 0.1) is 6.10 Å². The van der Waals surface area contributed by atoms with Gasteiger partial charge in [-0.15, -0.1) is 0 Å². The summed E-state index contributed by atoms with van der Waals surface area (Å²) in [7, 11) is 0. The Labute approximate surface area is 110 Å². The summed E-state index contributed by atoms with van der Waals surface area (Å²) < 4.78 is 0. The molecule has 1 aliphatic carbocycles. The van der Waals surface area contributed by atoms with Crippen LogP contribution in [0.25, 0.3) is 0 Å². The molecule has 1 aliphatic heterocycles. The molecule has 1 saturated carbocycles. The molecule has 98 valence electrons. The average molecular weight is 245 g/mol. The lowest BCUT2D eigenvalue weighted by Crippen LogP contribution is -2.44. The highest BCUT2D eigenvalue weighted by molar-refractivity contribution is 5.21. The molecule has 0 aromatic heterocycles.